The Bertz CT molecular complexity index is 463. The van der Waals surface area contributed by atoms with Crippen LogP contribution in [0, 0.1) is 5.82 Å². The molecule has 1 unspecified atom stereocenters. The summed E-state index contributed by atoms with van der Waals surface area (Å²) in [5.74, 6) is 5.86. The minimum atomic E-state index is -0.261. The first-order chi connectivity index (χ1) is 7.24. The molecule has 1 atom stereocenters. The summed E-state index contributed by atoms with van der Waals surface area (Å²) >= 11 is 0. The van der Waals surface area contributed by atoms with Gasteiger partial charge in [0.25, 0.3) is 0 Å². The van der Waals surface area contributed by atoms with Crippen LogP contribution in [0.1, 0.15) is 25.1 Å². The first-order valence-corrected chi connectivity index (χ1v) is 4.89. The summed E-state index contributed by atoms with van der Waals surface area (Å²) in [5, 5.41) is 0.763. The lowest BCUT2D eigenvalue weighted by Gasteiger charge is -2.08. The van der Waals surface area contributed by atoms with E-state index in [1.165, 1.54) is 12.1 Å². The molecule has 0 amide bonds. The van der Waals surface area contributed by atoms with Crippen LogP contribution in [-0.2, 0) is 0 Å². The molecule has 0 saturated heterocycles. The number of halogens is 1. The molecule has 1 aromatic carbocycles. The zero-order chi connectivity index (χ0) is 10.8. The summed E-state index contributed by atoms with van der Waals surface area (Å²) in [6.07, 6.45) is 0.818. The highest BCUT2D eigenvalue weighted by atomic mass is 19.1. The summed E-state index contributed by atoms with van der Waals surface area (Å²) in [4.78, 5) is 0. The summed E-state index contributed by atoms with van der Waals surface area (Å²) in [5.41, 5.74) is 3.34. The average molecular weight is 208 g/mol. The van der Waals surface area contributed by atoms with Gasteiger partial charge in [0.05, 0.1) is 6.04 Å². The number of benzene rings is 1. The zero-order valence-corrected chi connectivity index (χ0v) is 8.46. The molecule has 0 spiro atoms. The van der Waals surface area contributed by atoms with Crippen LogP contribution in [0.5, 0.6) is 0 Å². The number of furan rings is 1. The third-order valence-electron chi connectivity index (χ3n) is 2.45. The van der Waals surface area contributed by atoms with Crippen molar-refractivity contribution in [3.8, 4) is 0 Å². The quantitative estimate of drug-likeness (QED) is 0.601. The van der Waals surface area contributed by atoms with E-state index in [4.69, 9.17) is 10.3 Å². The molecule has 2 aromatic rings. The van der Waals surface area contributed by atoms with E-state index in [2.05, 4.69) is 5.43 Å². The monoisotopic (exact) mass is 208 g/mol. The van der Waals surface area contributed by atoms with Crippen LogP contribution in [0.3, 0.4) is 0 Å². The molecule has 80 valence electrons. The second kappa shape index (κ2) is 4.00. The Labute approximate surface area is 87.0 Å². The van der Waals surface area contributed by atoms with Gasteiger partial charge in [-0.05, 0) is 30.7 Å². The predicted molar refractivity (Wildman–Crippen MR) is 56.5 cm³/mol. The first-order valence-electron chi connectivity index (χ1n) is 4.89. The second-order valence-electron chi connectivity index (χ2n) is 3.46. The van der Waals surface area contributed by atoms with E-state index in [1.807, 2.05) is 13.0 Å². The van der Waals surface area contributed by atoms with Crippen molar-refractivity contribution < 1.29 is 8.81 Å². The van der Waals surface area contributed by atoms with Crippen LogP contribution >= 0.6 is 0 Å². The lowest BCUT2D eigenvalue weighted by molar-refractivity contribution is 0.428. The lowest BCUT2D eigenvalue weighted by atomic mass is 10.1. The average Bonchev–Trinajstić information content (AvgIpc) is 2.62. The molecule has 3 N–H and O–H groups in total. The van der Waals surface area contributed by atoms with Crippen LogP contribution in [-0.4, -0.2) is 0 Å². The molecule has 0 fully saturated rings. The van der Waals surface area contributed by atoms with Gasteiger partial charge in [-0.15, -0.1) is 0 Å². The van der Waals surface area contributed by atoms with E-state index in [0.717, 1.165) is 17.6 Å². The zero-order valence-electron chi connectivity index (χ0n) is 8.46. The Morgan fingerprint density at radius 3 is 2.93 bits per heavy atom. The summed E-state index contributed by atoms with van der Waals surface area (Å²) in [6.45, 7) is 2.00. The van der Waals surface area contributed by atoms with Crippen LogP contribution in [0.25, 0.3) is 11.0 Å². The number of nitrogens with one attached hydrogen (secondary N) is 1. The highest BCUT2D eigenvalue weighted by Gasteiger charge is 2.12. The van der Waals surface area contributed by atoms with Gasteiger partial charge >= 0.3 is 0 Å². The van der Waals surface area contributed by atoms with Crippen molar-refractivity contribution in [1.29, 1.82) is 0 Å². The number of hydrogen-bond acceptors (Lipinski definition) is 3. The Hall–Kier alpha value is -1.39. The fourth-order valence-corrected chi connectivity index (χ4v) is 1.61. The number of rotatable bonds is 3. The molecule has 0 aliphatic heterocycles. The maximum Gasteiger partial charge on any atom is 0.134 e. The molecule has 0 saturated carbocycles. The molecule has 1 heterocycles. The summed E-state index contributed by atoms with van der Waals surface area (Å²) < 4.78 is 18.5. The Kier molecular flexibility index (Phi) is 2.70. The molecule has 3 nitrogen and oxygen atoms in total. The van der Waals surface area contributed by atoms with Crippen molar-refractivity contribution in [3.63, 3.8) is 0 Å². The topological polar surface area (TPSA) is 51.2 Å². The Morgan fingerprint density at radius 1 is 1.47 bits per heavy atom. The molecule has 4 heteroatoms. The second-order valence-corrected chi connectivity index (χ2v) is 3.46. The van der Waals surface area contributed by atoms with Gasteiger partial charge in [0.2, 0.25) is 0 Å². The predicted octanol–water partition coefficient (Wildman–Crippen LogP) is 2.49. The third-order valence-corrected chi connectivity index (χ3v) is 2.45. The van der Waals surface area contributed by atoms with Gasteiger partial charge in [-0.3, -0.25) is 5.84 Å². The smallest absolute Gasteiger partial charge is 0.134 e. The minimum absolute atomic E-state index is 0.0274. The third kappa shape index (κ3) is 1.86. The van der Waals surface area contributed by atoms with Crippen LogP contribution < -0.4 is 11.3 Å². The van der Waals surface area contributed by atoms with Crippen molar-refractivity contribution in [2.75, 3.05) is 0 Å². The maximum absolute atomic E-state index is 12.9. The molecule has 1 aromatic heterocycles. The Morgan fingerprint density at radius 2 is 2.27 bits per heavy atom. The van der Waals surface area contributed by atoms with Gasteiger partial charge in [-0.1, -0.05) is 6.92 Å². The van der Waals surface area contributed by atoms with E-state index in [-0.39, 0.29) is 11.9 Å². The van der Waals surface area contributed by atoms with Crippen LogP contribution in [0.4, 0.5) is 4.39 Å². The first kappa shape index (κ1) is 10.1. The van der Waals surface area contributed by atoms with Gasteiger partial charge < -0.3 is 4.42 Å². The molecule has 0 aliphatic carbocycles. The molecular weight excluding hydrogens is 195 g/mol. The van der Waals surface area contributed by atoms with Crippen LogP contribution in [0.2, 0.25) is 0 Å². The fraction of sp³-hybridized carbons (Fsp3) is 0.273. The number of hydrogen-bond donors (Lipinski definition) is 2. The van der Waals surface area contributed by atoms with Gasteiger partial charge in [0.1, 0.15) is 17.2 Å². The highest BCUT2D eigenvalue weighted by Crippen LogP contribution is 2.25. The normalized spacial score (nSPS) is 13.3. The van der Waals surface area contributed by atoms with Crippen molar-refractivity contribution in [2.45, 2.75) is 19.4 Å². The SMILES string of the molecule is CCC(NN)c1cc2cc(F)ccc2o1. The summed E-state index contributed by atoms with van der Waals surface area (Å²) in [7, 11) is 0. The molecule has 15 heavy (non-hydrogen) atoms. The Balaban J connectivity index is 2.46. The van der Waals surface area contributed by atoms with Gasteiger partial charge in [0, 0.05) is 5.39 Å². The van der Waals surface area contributed by atoms with Gasteiger partial charge in [-0.25, -0.2) is 9.82 Å². The van der Waals surface area contributed by atoms with E-state index < -0.39 is 0 Å². The van der Waals surface area contributed by atoms with E-state index in [0.29, 0.717) is 5.58 Å². The largest absolute Gasteiger partial charge is 0.459 e. The standard InChI is InChI=1S/C11H13FN2O/c1-2-9(14-13)11-6-7-5-8(12)3-4-10(7)15-11/h3-6,9,14H,2,13H2,1H3. The minimum Gasteiger partial charge on any atom is -0.459 e. The van der Waals surface area contributed by atoms with Crippen molar-refractivity contribution in [2.24, 2.45) is 5.84 Å². The fourth-order valence-electron chi connectivity index (χ4n) is 1.61. The highest BCUT2D eigenvalue weighted by molar-refractivity contribution is 5.77. The van der Waals surface area contributed by atoms with E-state index in [1.54, 1.807) is 6.07 Å². The van der Waals surface area contributed by atoms with Crippen LogP contribution in [0.15, 0.2) is 28.7 Å². The lowest BCUT2D eigenvalue weighted by Crippen LogP contribution is -2.26. The molecule has 0 bridgehead atoms. The summed E-state index contributed by atoms with van der Waals surface area (Å²) in [6, 6.07) is 6.24. The van der Waals surface area contributed by atoms with Crippen molar-refractivity contribution in [1.82, 2.24) is 5.43 Å². The van der Waals surface area contributed by atoms with Crippen molar-refractivity contribution in [3.05, 3.63) is 35.8 Å². The molecular formula is C11H13FN2O. The number of fused-ring (bicyclic) bond motifs is 1. The van der Waals surface area contributed by atoms with Crippen molar-refractivity contribution >= 4 is 11.0 Å². The molecule has 0 radical (unpaired) electrons. The molecule has 0 aliphatic rings. The number of hydrazine groups is 1. The molecule has 2 rings (SSSR count). The van der Waals surface area contributed by atoms with Gasteiger partial charge in [0.15, 0.2) is 0 Å². The maximum atomic E-state index is 12.9. The van der Waals surface area contributed by atoms with Gasteiger partial charge in [-0.2, -0.15) is 0 Å². The number of nitrogens with two attached hydrogens (primary N) is 1. The van der Waals surface area contributed by atoms with E-state index in [9.17, 15) is 4.39 Å². The van der Waals surface area contributed by atoms with E-state index >= 15 is 0 Å².